The molecule has 138 valence electrons. The average molecular weight is 416 g/mol. The summed E-state index contributed by atoms with van der Waals surface area (Å²) in [6, 6.07) is 8.63. The summed E-state index contributed by atoms with van der Waals surface area (Å²) < 4.78 is 30.9. The van der Waals surface area contributed by atoms with Crippen LogP contribution >= 0.6 is 23.2 Å². The Morgan fingerprint density at radius 2 is 1.73 bits per heavy atom. The van der Waals surface area contributed by atoms with Crippen LogP contribution in [0.2, 0.25) is 10.0 Å². The van der Waals surface area contributed by atoms with Crippen LogP contribution in [0.1, 0.15) is 5.56 Å². The van der Waals surface area contributed by atoms with Gasteiger partial charge in [-0.25, -0.2) is 13.4 Å². The molecule has 0 radical (unpaired) electrons. The molecule has 0 spiro atoms. The number of nitrogens with one attached hydrogen (secondary N) is 2. The lowest BCUT2D eigenvalue weighted by molar-refractivity contribution is 0.375. The van der Waals surface area contributed by atoms with Gasteiger partial charge in [0.05, 0.1) is 22.1 Å². The highest BCUT2D eigenvalue weighted by Gasteiger charge is 2.34. The van der Waals surface area contributed by atoms with Crippen molar-refractivity contribution < 1.29 is 13.2 Å². The van der Waals surface area contributed by atoms with Crippen molar-refractivity contribution in [1.29, 1.82) is 0 Å². The summed E-state index contributed by atoms with van der Waals surface area (Å²) >= 11 is 12.5. The van der Waals surface area contributed by atoms with Gasteiger partial charge in [-0.05, 0) is 36.4 Å². The second-order valence-electron chi connectivity index (χ2n) is 5.46. The van der Waals surface area contributed by atoms with Gasteiger partial charge in [-0.1, -0.05) is 23.2 Å². The Balaban J connectivity index is 2.08. The highest BCUT2D eigenvalue weighted by molar-refractivity contribution is 7.91. The van der Waals surface area contributed by atoms with E-state index in [1.165, 1.54) is 43.5 Å². The van der Waals surface area contributed by atoms with Crippen molar-refractivity contribution in [1.82, 2.24) is 10.9 Å². The fourth-order valence-corrected chi connectivity index (χ4v) is 4.91. The number of nitrogens with zero attached hydrogens (tertiary/aromatic N) is 1. The van der Waals surface area contributed by atoms with Crippen LogP contribution in [0.5, 0.6) is 5.75 Å². The molecule has 6 N–H and O–H groups in total. The maximum atomic E-state index is 12.9. The van der Waals surface area contributed by atoms with Gasteiger partial charge in [-0.3, -0.25) is 11.2 Å². The number of benzene rings is 2. The third-order valence-electron chi connectivity index (χ3n) is 3.75. The van der Waals surface area contributed by atoms with Crippen LogP contribution in [-0.2, 0) is 15.6 Å². The van der Waals surface area contributed by atoms with Crippen molar-refractivity contribution >= 4 is 39.0 Å². The molecule has 8 nitrogen and oxygen atoms in total. The first kappa shape index (κ1) is 18.7. The Hall–Kier alpha value is -2.04. The molecule has 1 unspecified atom stereocenters. The lowest BCUT2D eigenvalue weighted by atomic mass is 10.1. The lowest BCUT2D eigenvalue weighted by Crippen LogP contribution is -2.50. The summed E-state index contributed by atoms with van der Waals surface area (Å²) in [5.74, 6) is -0.814. The van der Waals surface area contributed by atoms with Crippen molar-refractivity contribution in [3.8, 4) is 5.75 Å². The topological polar surface area (TPSA) is 132 Å². The predicted octanol–water partition coefficient (Wildman–Crippen LogP) is 1.33. The molecule has 0 saturated carbocycles. The summed E-state index contributed by atoms with van der Waals surface area (Å²) in [4.78, 5) is 3.82. The van der Waals surface area contributed by atoms with E-state index in [4.69, 9.17) is 39.4 Å². The second-order valence-corrected chi connectivity index (χ2v) is 8.16. The van der Waals surface area contributed by atoms with Crippen LogP contribution in [0.4, 0.5) is 0 Å². The van der Waals surface area contributed by atoms with Gasteiger partial charge in [0.2, 0.25) is 21.6 Å². The van der Waals surface area contributed by atoms with Crippen molar-refractivity contribution in [2.75, 3.05) is 7.11 Å². The second kappa shape index (κ2) is 6.60. The zero-order valence-corrected chi connectivity index (χ0v) is 15.8. The number of ether oxygens (including phenoxy) is 1. The van der Waals surface area contributed by atoms with Crippen LogP contribution < -0.4 is 27.1 Å². The first-order valence-electron chi connectivity index (χ1n) is 7.23. The quantitative estimate of drug-likeness (QED) is 0.591. The molecule has 0 bridgehead atoms. The predicted molar refractivity (Wildman–Crippen MR) is 98.7 cm³/mol. The molecule has 2 aromatic rings. The average Bonchev–Trinajstić information content (AvgIpc) is 2.94. The van der Waals surface area contributed by atoms with Crippen molar-refractivity contribution in [3.63, 3.8) is 0 Å². The molecule has 11 heteroatoms. The SMILES string of the molecule is COc1ccc(S(=O)(=O)c2c(Cl)cc(C3(N)N=C(N)NN3)cc2Cl)cc1. The van der Waals surface area contributed by atoms with E-state index in [2.05, 4.69) is 15.8 Å². The summed E-state index contributed by atoms with van der Waals surface area (Å²) in [5, 5.41) is -0.175. The highest BCUT2D eigenvalue weighted by atomic mass is 35.5. The van der Waals surface area contributed by atoms with E-state index in [0.29, 0.717) is 11.3 Å². The summed E-state index contributed by atoms with van der Waals surface area (Å²) in [6.45, 7) is 0. The van der Waals surface area contributed by atoms with Gasteiger partial charge in [0.15, 0.2) is 0 Å². The zero-order chi connectivity index (χ0) is 19.1. The molecule has 1 aliphatic rings. The molecule has 0 fully saturated rings. The van der Waals surface area contributed by atoms with E-state index in [1.807, 2.05) is 0 Å². The smallest absolute Gasteiger partial charge is 0.209 e. The van der Waals surface area contributed by atoms with Crippen molar-refractivity contribution in [2.45, 2.75) is 15.6 Å². The standard InChI is InChI=1S/C15H15Cl2N5O3S/c1-25-9-2-4-10(5-3-9)26(23,24)13-11(16)6-8(7-12(13)17)15(19)20-14(18)21-22-15/h2-7,22H,19H2,1H3,(H3,18,20,21). The third kappa shape index (κ3) is 3.19. The number of hydrazine groups is 1. The third-order valence-corrected chi connectivity index (χ3v) is 6.45. The molecular formula is C15H15Cl2N5O3S. The molecule has 1 atom stereocenters. The lowest BCUT2D eigenvalue weighted by Gasteiger charge is -2.22. The molecule has 0 saturated heterocycles. The number of halogens is 2. The molecule has 3 rings (SSSR count). The molecule has 0 aromatic heterocycles. The molecule has 1 heterocycles. The van der Waals surface area contributed by atoms with E-state index < -0.39 is 15.6 Å². The number of rotatable bonds is 4. The maximum Gasteiger partial charge on any atom is 0.209 e. The minimum atomic E-state index is -3.95. The monoisotopic (exact) mass is 415 g/mol. The van der Waals surface area contributed by atoms with Gasteiger partial charge in [0, 0.05) is 5.56 Å². The van der Waals surface area contributed by atoms with Crippen molar-refractivity contribution in [2.24, 2.45) is 16.5 Å². The normalized spacial score (nSPS) is 19.8. The fourth-order valence-electron chi connectivity index (χ4n) is 2.45. The molecule has 26 heavy (non-hydrogen) atoms. The maximum absolute atomic E-state index is 12.9. The van der Waals surface area contributed by atoms with Gasteiger partial charge in [-0.2, -0.15) is 5.43 Å². The van der Waals surface area contributed by atoms with E-state index in [9.17, 15) is 8.42 Å². The minimum absolute atomic E-state index is 0.0280. The fraction of sp³-hybridized carbons (Fsp3) is 0.133. The Kier molecular flexibility index (Phi) is 4.76. The first-order valence-corrected chi connectivity index (χ1v) is 9.47. The molecule has 0 aliphatic carbocycles. The number of guanidine groups is 1. The Morgan fingerprint density at radius 1 is 1.15 bits per heavy atom. The minimum Gasteiger partial charge on any atom is -0.497 e. The van der Waals surface area contributed by atoms with Gasteiger partial charge >= 0.3 is 0 Å². The Morgan fingerprint density at radius 3 is 2.19 bits per heavy atom. The number of hydrogen-bond acceptors (Lipinski definition) is 8. The number of aliphatic imine (C=N–C) groups is 1. The molecule has 0 amide bonds. The van der Waals surface area contributed by atoms with Crippen LogP contribution in [-0.4, -0.2) is 21.5 Å². The molecule has 1 aliphatic heterocycles. The number of hydrogen-bond donors (Lipinski definition) is 4. The van der Waals surface area contributed by atoms with Gasteiger partial charge < -0.3 is 10.5 Å². The van der Waals surface area contributed by atoms with E-state index in [0.717, 1.165) is 0 Å². The van der Waals surface area contributed by atoms with Crippen LogP contribution in [0.3, 0.4) is 0 Å². The van der Waals surface area contributed by atoms with Gasteiger partial charge in [0.1, 0.15) is 10.6 Å². The zero-order valence-electron chi connectivity index (χ0n) is 13.5. The number of methoxy groups -OCH3 is 1. The van der Waals surface area contributed by atoms with E-state index in [1.54, 1.807) is 0 Å². The van der Waals surface area contributed by atoms with E-state index in [-0.39, 0.29) is 25.8 Å². The highest BCUT2D eigenvalue weighted by Crippen LogP contribution is 2.37. The summed E-state index contributed by atoms with van der Waals surface area (Å²) in [5.41, 5.74) is 17.2. The van der Waals surface area contributed by atoms with E-state index >= 15 is 0 Å². The van der Waals surface area contributed by atoms with Crippen molar-refractivity contribution in [3.05, 3.63) is 52.0 Å². The summed E-state index contributed by atoms with van der Waals surface area (Å²) in [6.07, 6.45) is 0. The number of nitrogens with two attached hydrogens (primary N) is 2. The molecular weight excluding hydrogens is 401 g/mol. The molecule has 2 aromatic carbocycles. The first-order chi connectivity index (χ1) is 12.2. The largest absolute Gasteiger partial charge is 0.497 e. The van der Waals surface area contributed by atoms with Crippen LogP contribution in [0, 0.1) is 0 Å². The van der Waals surface area contributed by atoms with Gasteiger partial charge in [0.25, 0.3) is 0 Å². The van der Waals surface area contributed by atoms with Gasteiger partial charge in [-0.15, -0.1) is 0 Å². The van der Waals surface area contributed by atoms with Crippen LogP contribution in [0.15, 0.2) is 51.2 Å². The Bertz CT molecular complexity index is 972. The van der Waals surface area contributed by atoms with Crippen LogP contribution in [0.25, 0.3) is 0 Å². The Labute approximate surface area is 160 Å². The summed E-state index contributed by atoms with van der Waals surface area (Å²) in [7, 11) is -2.47. The number of sulfone groups is 1.